The lowest BCUT2D eigenvalue weighted by Gasteiger charge is -2.29. The van der Waals surface area contributed by atoms with Crippen LogP contribution in [0.4, 0.5) is 0 Å². The van der Waals surface area contributed by atoms with Gasteiger partial charge in [-0.3, -0.25) is 0 Å². The maximum Gasteiger partial charge on any atom is 0.148 e. The van der Waals surface area contributed by atoms with Crippen LogP contribution in [0.2, 0.25) is 0 Å². The molecule has 0 saturated heterocycles. The van der Waals surface area contributed by atoms with Gasteiger partial charge >= 0.3 is 0 Å². The van der Waals surface area contributed by atoms with E-state index in [9.17, 15) is 15.3 Å². The molecule has 0 atom stereocenters. The van der Waals surface area contributed by atoms with Gasteiger partial charge in [0, 0.05) is 15.3 Å². The van der Waals surface area contributed by atoms with Crippen LogP contribution in [0.5, 0.6) is 28.7 Å². The third-order valence-electron chi connectivity index (χ3n) is 7.14. The summed E-state index contributed by atoms with van der Waals surface area (Å²) in [5.74, 6) is 1.31. The molecule has 0 bridgehead atoms. The first kappa shape index (κ1) is 33.3. The number of benzene rings is 4. The topological polar surface area (TPSA) is 69.9 Å². The van der Waals surface area contributed by atoms with Gasteiger partial charge in [-0.2, -0.15) is 0 Å². The molecule has 0 aromatic heterocycles. The minimum absolute atomic E-state index is 0.0165. The minimum atomic E-state index is -0.588. The zero-order valence-corrected chi connectivity index (χ0v) is 33.1. The molecule has 0 aliphatic heterocycles. The molecule has 0 aliphatic rings. The first-order valence-corrected chi connectivity index (χ1v) is 17.6. The van der Waals surface area contributed by atoms with E-state index in [2.05, 4.69) is 125 Å². The fourth-order valence-electron chi connectivity index (χ4n) is 4.48. The van der Waals surface area contributed by atoms with Crippen molar-refractivity contribution in [2.45, 2.75) is 38.5 Å². The first-order valence-electron chi connectivity index (χ1n) is 12.0. The van der Waals surface area contributed by atoms with Crippen LogP contribution in [-0.2, 0) is 10.8 Å². The molecule has 3 N–H and O–H groups in total. The van der Waals surface area contributed by atoms with Crippen molar-refractivity contribution in [3.63, 3.8) is 0 Å². The number of hydrogen-bond donors (Lipinski definition) is 3. The van der Waals surface area contributed by atoms with Gasteiger partial charge in [0.2, 0.25) is 0 Å². The van der Waals surface area contributed by atoms with Crippen molar-refractivity contribution in [1.82, 2.24) is 0 Å². The fraction of sp³-hybridized carbons (Fsp3) is 0.200. The highest BCUT2D eigenvalue weighted by Crippen LogP contribution is 2.50. The van der Waals surface area contributed by atoms with Crippen molar-refractivity contribution >= 4 is 112 Å². The predicted molar refractivity (Wildman–Crippen MR) is 189 cm³/mol. The quantitative estimate of drug-likeness (QED) is 0.180. The highest BCUT2D eigenvalue weighted by atomic mass is 79.9. The highest BCUT2D eigenvalue weighted by molar-refractivity contribution is 9.12. The van der Waals surface area contributed by atoms with E-state index in [0.717, 1.165) is 26.7 Å². The van der Waals surface area contributed by atoms with Crippen LogP contribution in [0, 0.1) is 0 Å². The molecule has 0 aliphatic carbocycles. The second-order valence-electron chi connectivity index (χ2n) is 10.5. The standard InChI is InChI=1S/C30H23Br7O4/c1-29(2,13-7-19(32)26(38)20(33)8-13)16-6-5-15(11-18(16)31)41-23-12-17(24(36)28(40)25(23)37)30(3,4)14-9-21(34)27(39)22(35)10-14/h5-12,38-40H,1-4H3. The van der Waals surface area contributed by atoms with E-state index in [-0.39, 0.29) is 17.2 Å². The number of phenolic OH excluding ortho intramolecular Hbond substituents is 3. The Labute approximate surface area is 297 Å². The lowest BCUT2D eigenvalue weighted by molar-refractivity contribution is 0.441. The molecule has 41 heavy (non-hydrogen) atoms. The summed E-state index contributed by atoms with van der Waals surface area (Å²) in [5.41, 5.74) is 2.73. The average Bonchev–Trinajstić information content (AvgIpc) is 2.89. The largest absolute Gasteiger partial charge is 0.506 e. The van der Waals surface area contributed by atoms with Crippen LogP contribution >= 0.6 is 112 Å². The lowest BCUT2D eigenvalue weighted by atomic mass is 9.78. The lowest BCUT2D eigenvalue weighted by Crippen LogP contribution is -2.20. The number of aromatic hydroxyl groups is 3. The molecule has 0 heterocycles. The second kappa shape index (κ2) is 12.4. The Hall–Kier alpha value is -0.560. The van der Waals surface area contributed by atoms with Gasteiger partial charge in [0.25, 0.3) is 0 Å². The molecule has 0 spiro atoms. The number of ether oxygens (including phenoxy) is 1. The van der Waals surface area contributed by atoms with Gasteiger partial charge in [-0.05, 0) is 160 Å². The van der Waals surface area contributed by atoms with Crippen molar-refractivity contribution in [3.8, 4) is 28.7 Å². The molecule has 4 rings (SSSR count). The molecule has 216 valence electrons. The fourth-order valence-corrected chi connectivity index (χ4v) is 9.18. The van der Waals surface area contributed by atoms with E-state index in [0.29, 0.717) is 38.3 Å². The number of phenols is 3. The number of rotatable bonds is 6. The van der Waals surface area contributed by atoms with E-state index in [4.69, 9.17) is 4.74 Å². The van der Waals surface area contributed by atoms with Gasteiger partial charge in [-0.1, -0.05) is 49.7 Å². The highest BCUT2D eigenvalue weighted by Gasteiger charge is 2.31. The van der Waals surface area contributed by atoms with Gasteiger partial charge in [0.15, 0.2) is 0 Å². The molecule has 0 radical (unpaired) electrons. The zero-order valence-electron chi connectivity index (χ0n) is 22.0. The van der Waals surface area contributed by atoms with Crippen molar-refractivity contribution < 1.29 is 20.1 Å². The van der Waals surface area contributed by atoms with E-state index in [1.165, 1.54) is 0 Å². The van der Waals surface area contributed by atoms with Crippen LogP contribution < -0.4 is 4.74 Å². The second-order valence-corrected chi connectivity index (χ2v) is 16.3. The maximum absolute atomic E-state index is 11.0. The molecular formula is C30H23Br7O4. The number of halogens is 7. The van der Waals surface area contributed by atoms with E-state index in [1.54, 1.807) is 0 Å². The van der Waals surface area contributed by atoms with Crippen molar-refractivity contribution in [3.05, 3.63) is 102 Å². The zero-order chi connectivity index (χ0) is 30.6. The van der Waals surface area contributed by atoms with Gasteiger partial charge in [0.1, 0.15) is 33.2 Å². The van der Waals surface area contributed by atoms with Gasteiger partial charge in [0.05, 0.1) is 22.4 Å². The molecule has 0 saturated carbocycles. The van der Waals surface area contributed by atoms with Crippen molar-refractivity contribution in [1.29, 1.82) is 0 Å². The van der Waals surface area contributed by atoms with E-state index >= 15 is 0 Å². The molecular weight excluding hydrogens is 984 g/mol. The van der Waals surface area contributed by atoms with Gasteiger partial charge in [-0.15, -0.1) is 0 Å². The van der Waals surface area contributed by atoms with Crippen molar-refractivity contribution in [2.24, 2.45) is 0 Å². The van der Waals surface area contributed by atoms with Gasteiger partial charge in [-0.25, -0.2) is 0 Å². The SMILES string of the molecule is CC(C)(c1cc(Br)c(O)c(Br)c1)c1ccc(Oc2cc(C(C)(C)c3cc(Br)c(O)c(Br)c3)c(Br)c(O)c2Br)cc1Br. The summed E-state index contributed by atoms with van der Waals surface area (Å²) in [5, 5.41) is 31.4. The van der Waals surface area contributed by atoms with Crippen LogP contribution in [0.25, 0.3) is 0 Å². The first-order chi connectivity index (χ1) is 19.0. The Balaban J connectivity index is 1.74. The molecule has 11 heteroatoms. The van der Waals surface area contributed by atoms with E-state index < -0.39 is 10.8 Å². The summed E-state index contributed by atoms with van der Waals surface area (Å²) in [6, 6.07) is 15.2. The molecule has 0 amide bonds. The van der Waals surface area contributed by atoms with Gasteiger partial charge < -0.3 is 20.1 Å². The summed E-state index contributed by atoms with van der Waals surface area (Å²) in [4.78, 5) is 0. The summed E-state index contributed by atoms with van der Waals surface area (Å²) >= 11 is 24.5. The Morgan fingerprint density at radius 3 is 1.39 bits per heavy atom. The summed E-state index contributed by atoms with van der Waals surface area (Å²) in [6.45, 7) is 8.28. The Kier molecular flexibility index (Phi) is 10.1. The molecule has 4 nitrogen and oxygen atoms in total. The van der Waals surface area contributed by atoms with Crippen LogP contribution in [0.3, 0.4) is 0 Å². The summed E-state index contributed by atoms with van der Waals surface area (Å²) in [6.07, 6.45) is 0. The Morgan fingerprint density at radius 2 is 0.951 bits per heavy atom. The summed E-state index contributed by atoms with van der Waals surface area (Å²) < 4.78 is 10.5. The van der Waals surface area contributed by atoms with Crippen LogP contribution in [0.1, 0.15) is 49.9 Å². The molecule has 0 unspecified atom stereocenters. The van der Waals surface area contributed by atoms with Crippen molar-refractivity contribution in [2.75, 3.05) is 0 Å². The molecule has 4 aromatic rings. The predicted octanol–water partition coefficient (Wildman–Crippen LogP) is 12.6. The Morgan fingerprint density at radius 1 is 0.512 bits per heavy atom. The maximum atomic E-state index is 11.0. The molecule has 0 fully saturated rings. The normalized spacial score (nSPS) is 12.1. The molecule has 4 aromatic carbocycles. The average molecular weight is 1010 g/mol. The van der Waals surface area contributed by atoms with Crippen LogP contribution in [0.15, 0.2) is 79.8 Å². The summed E-state index contributed by atoms with van der Waals surface area (Å²) in [7, 11) is 0. The number of hydrogen-bond acceptors (Lipinski definition) is 4. The third-order valence-corrected chi connectivity index (χ3v) is 11.8. The smallest absolute Gasteiger partial charge is 0.148 e. The minimum Gasteiger partial charge on any atom is -0.506 e. The van der Waals surface area contributed by atoms with E-state index in [1.807, 2.05) is 62.4 Å². The Bertz CT molecular complexity index is 1640. The monoisotopic (exact) mass is 1000 g/mol. The van der Waals surface area contributed by atoms with Crippen LogP contribution in [-0.4, -0.2) is 15.3 Å². The third kappa shape index (κ3) is 6.47.